The summed E-state index contributed by atoms with van der Waals surface area (Å²) in [7, 11) is 3.30. The Kier molecular flexibility index (Phi) is 4.07. The molecule has 2 rings (SSSR count). The average molecular weight is 257 g/mol. The van der Waals surface area contributed by atoms with Crippen molar-refractivity contribution < 1.29 is 9.53 Å². The van der Waals surface area contributed by atoms with E-state index in [9.17, 15) is 4.79 Å². The molecule has 0 aromatic carbocycles. The van der Waals surface area contributed by atoms with Crippen LogP contribution in [0.15, 0.2) is 42.9 Å². The quantitative estimate of drug-likeness (QED) is 0.837. The number of methoxy groups -OCH3 is 1. The Morgan fingerprint density at radius 2 is 2.11 bits per heavy atom. The molecule has 0 aliphatic rings. The summed E-state index contributed by atoms with van der Waals surface area (Å²) in [6, 6.07) is 7.19. The van der Waals surface area contributed by atoms with Crippen LogP contribution in [0.5, 0.6) is 5.88 Å². The summed E-state index contributed by atoms with van der Waals surface area (Å²) in [5, 5.41) is 0. The number of hydrogen-bond acceptors (Lipinski definition) is 4. The number of carbonyl (C=O) groups is 1. The van der Waals surface area contributed by atoms with Crippen LogP contribution in [0.2, 0.25) is 0 Å². The molecule has 0 atom stereocenters. The van der Waals surface area contributed by atoms with E-state index in [1.807, 2.05) is 12.1 Å². The van der Waals surface area contributed by atoms with Crippen LogP contribution in [-0.4, -0.2) is 34.9 Å². The molecule has 0 N–H and O–H groups in total. The third-order valence-corrected chi connectivity index (χ3v) is 2.71. The maximum absolute atomic E-state index is 12.2. The van der Waals surface area contributed by atoms with Crippen molar-refractivity contribution in [2.24, 2.45) is 0 Å². The van der Waals surface area contributed by atoms with Crippen LogP contribution in [0, 0.1) is 0 Å². The van der Waals surface area contributed by atoms with Gasteiger partial charge in [-0.1, -0.05) is 6.07 Å². The Balaban J connectivity index is 2.13. The lowest BCUT2D eigenvalue weighted by Crippen LogP contribution is -2.26. The zero-order chi connectivity index (χ0) is 13.7. The monoisotopic (exact) mass is 257 g/mol. The normalized spacial score (nSPS) is 10.0. The summed E-state index contributed by atoms with van der Waals surface area (Å²) < 4.78 is 5.17. The molecular weight excluding hydrogens is 242 g/mol. The van der Waals surface area contributed by atoms with E-state index in [0.29, 0.717) is 18.0 Å². The van der Waals surface area contributed by atoms with Crippen molar-refractivity contribution in [2.75, 3.05) is 14.2 Å². The summed E-state index contributed by atoms with van der Waals surface area (Å²) in [6.07, 6.45) is 4.85. The lowest BCUT2D eigenvalue weighted by atomic mass is 10.2. The molecule has 0 saturated carbocycles. The minimum absolute atomic E-state index is 0.0843. The number of nitrogens with zero attached hydrogens (tertiary/aromatic N) is 3. The summed E-state index contributed by atoms with van der Waals surface area (Å²) >= 11 is 0. The maximum Gasteiger partial charge on any atom is 0.255 e. The van der Waals surface area contributed by atoms with Gasteiger partial charge in [0, 0.05) is 31.2 Å². The number of hydrogen-bond donors (Lipinski definition) is 0. The Labute approximate surface area is 111 Å². The van der Waals surface area contributed by atoms with Crippen molar-refractivity contribution in [3.63, 3.8) is 0 Å². The molecule has 0 spiro atoms. The standard InChI is InChI=1S/C14H15N3O2/c1-17(14(18)11-5-3-7-15-9-11)10-12-6-4-8-16-13(12)19-2/h3-9H,10H2,1-2H3. The van der Waals surface area contributed by atoms with Gasteiger partial charge in [-0.05, 0) is 18.2 Å². The van der Waals surface area contributed by atoms with E-state index in [2.05, 4.69) is 9.97 Å². The molecule has 19 heavy (non-hydrogen) atoms. The molecule has 5 heteroatoms. The predicted molar refractivity (Wildman–Crippen MR) is 70.8 cm³/mol. The zero-order valence-corrected chi connectivity index (χ0v) is 10.9. The van der Waals surface area contributed by atoms with E-state index >= 15 is 0 Å². The first kappa shape index (κ1) is 13.0. The van der Waals surface area contributed by atoms with E-state index in [-0.39, 0.29) is 5.91 Å². The average Bonchev–Trinajstić information content (AvgIpc) is 2.48. The van der Waals surface area contributed by atoms with Gasteiger partial charge in [-0.15, -0.1) is 0 Å². The Morgan fingerprint density at radius 3 is 2.79 bits per heavy atom. The fraction of sp³-hybridized carbons (Fsp3) is 0.214. The van der Waals surface area contributed by atoms with Crippen molar-refractivity contribution in [3.05, 3.63) is 54.0 Å². The molecule has 5 nitrogen and oxygen atoms in total. The number of pyridine rings is 2. The largest absolute Gasteiger partial charge is 0.481 e. The highest BCUT2D eigenvalue weighted by Crippen LogP contribution is 2.16. The minimum Gasteiger partial charge on any atom is -0.481 e. The third kappa shape index (κ3) is 3.07. The number of carbonyl (C=O) groups excluding carboxylic acids is 1. The summed E-state index contributed by atoms with van der Waals surface area (Å²) in [4.78, 5) is 21.8. The molecule has 2 aromatic rings. The van der Waals surface area contributed by atoms with E-state index < -0.39 is 0 Å². The van der Waals surface area contributed by atoms with Gasteiger partial charge >= 0.3 is 0 Å². The molecule has 98 valence electrons. The van der Waals surface area contributed by atoms with E-state index in [0.717, 1.165) is 5.56 Å². The van der Waals surface area contributed by atoms with Crippen LogP contribution < -0.4 is 4.74 Å². The smallest absolute Gasteiger partial charge is 0.255 e. The van der Waals surface area contributed by atoms with Gasteiger partial charge < -0.3 is 9.64 Å². The summed E-state index contributed by atoms with van der Waals surface area (Å²) in [5.74, 6) is 0.451. The van der Waals surface area contributed by atoms with Crippen molar-refractivity contribution >= 4 is 5.91 Å². The van der Waals surface area contributed by atoms with Crippen LogP contribution in [0.4, 0.5) is 0 Å². The van der Waals surface area contributed by atoms with Gasteiger partial charge in [-0.2, -0.15) is 0 Å². The number of rotatable bonds is 4. The molecule has 0 unspecified atom stereocenters. The first-order valence-electron chi connectivity index (χ1n) is 5.85. The summed E-state index contributed by atoms with van der Waals surface area (Å²) in [5.41, 5.74) is 1.43. The van der Waals surface area contributed by atoms with Crippen LogP contribution in [0.1, 0.15) is 15.9 Å². The predicted octanol–water partition coefficient (Wildman–Crippen LogP) is 1.76. The van der Waals surface area contributed by atoms with Gasteiger partial charge in [-0.25, -0.2) is 4.98 Å². The SMILES string of the molecule is COc1ncccc1CN(C)C(=O)c1cccnc1. The molecule has 0 saturated heterocycles. The van der Waals surface area contributed by atoms with Gasteiger partial charge in [0.2, 0.25) is 5.88 Å². The molecule has 0 aliphatic carbocycles. The van der Waals surface area contributed by atoms with E-state index in [1.54, 1.807) is 49.8 Å². The molecule has 2 heterocycles. The zero-order valence-electron chi connectivity index (χ0n) is 10.9. The first-order chi connectivity index (χ1) is 9.22. The van der Waals surface area contributed by atoms with Crippen LogP contribution in [0.25, 0.3) is 0 Å². The second kappa shape index (κ2) is 5.95. The lowest BCUT2D eigenvalue weighted by Gasteiger charge is -2.18. The lowest BCUT2D eigenvalue weighted by molar-refractivity contribution is 0.0783. The van der Waals surface area contributed by atoms with Crippen LogP contribution in [-0.2, 0) is 6.54 Å². The summed E-state index contributed by atoms with van der Waals surface area (Å²) in [6.45, 7) is 0.435. The van der Waals surface area contributed by atoms with Gasteiger partial charge in [0.05, 0.1) is 19.2 Å². The molecular formula is C14H15N3O2. The minimum atomic E-state index is -0.0843. The molecule has 2 aromatic heterocycles. The van der Waals surface area contributed by atoms with Crippen LogP contribution in [0.3, 0.4) is 0 Å². The van der Waals surface area contributed by atoms with Crippen molar-refractivity contribution in [3.8, 4) is 5.88 Å². The second-order valence-corrected chi connectivity index (χ2v) is 4.07. The van der Waals surface area contributed by atoms with Crippen molar-refractivity contribution in [1.29, 1.82) is 0 Å². The van der Waals surface area contributed by atoms with Crippen molar-refractivity contribution in [2.45, 2.75) is 6.54 Å². The Morgan fingerprint density at radius 1 is 1.32 bits per heavy atom. The highest BCUT2D eigenvalue weighted by atomic mass is 16.5. The second-order valence-electron chi connectivity index (χ2n) is 4.07. The first-order valence-corrected chi connectivity index (χ1v) is 5.85. The molecule has 0 aliphatic heterocycles. The third-order valence-electron chi connectivity index (χ3n) is 2.71. The Hall–Kier alpha value is -2.43. The molecule has 0 bridgehead atoms. The number of ether oxygens (including phenoxy) is 1. The fourth-order valence-corrected chi connectivity index (χ4v) is 1.77. The van der Waals surface area contributed by atoms with Gasteiger partial charge in [0.15, 0.2) is 0 Å². The topological polar surface area (TPSA) is 55.3 Å². The molecule has 0 radical (unpaired) electrons. The van der Waals surface area contributed by atoms with Crippen LogP contribution >= 0.6 is 0 Å². The van der Waals surface area contributed by atoms with Gasteiger partial charge in [0.25, 0.3) is 5.91 Å². The highest BCUT2D eigenvalue weighted by Gasteiger charge is 2.14. The number of amides is 1. The number of aromatic nitrogens is 2. The molecule has 1 amide bonds. The maximum atomic E-state index is 12.2. The van der Waals surface area contributed by atoms with Crippen molar-refractivity contribution in [1.82, 2.24) is 14.9 Å². The fourth-order valence-electron chi connectivity index (χ4n) is 1.77. The molecule has 0 fully saturated rings. The van der Waals surface area contributed by atoms with E-state index in [4.69, 9.17) is 4.74 Å². The van der Waals surface area contributed by atoms with Gasteiger partial charge in [0.1, 0.15) is 0 Å². The van der Waals surface area contributed by atoms with E-state index in [1.165, 1.54) is 0 Å². The van der Waals surface area contributed by atoms with Gasteiger partial charge in [-0.3, -0.25) is 9.78 Å². The highest BCUT2D eigenvalue weighted by molar-refractivity contribution is 5.93. The Bertz CT molecular complexity index is 558.